The first-order chi connectivity index (χ1) is 9.68. The van der Waals surface area contributed by atoms with Crippen molar-refractivity contribution in [1.82, 2.24) is 15.5 Å². The monoisotopic (exact) mass is 273 g/mol. The third kappa shape index (κ3) is 1.77. The maximum atomic E-state index is 13.6. The topological polar surface area (TPSA) is 51.0 Å². The standard InChI is InChI=1S/C15H16FN3O/c1-9-2-3-10(6-12(9)16)13-18-14(20-19-13)11-7-15(11)4-5-17-8-15/h2-3,6,11,17H,4-5,7-8H2,1H3. The summed E-state index contributed by atoms with van der Waals surface area (Å²) in [6.45, 7) is 3.84. The largest absolute Gasteiger partial charge is 0.339 e. The van der Waals surface area contributed by atoms with Gasteiger partial charge in [-0.1, -0.05) is 17.3 Å². The van der Waals surface area contributed by atoms with Crippen LogP contribution in [0.25, 0.3) is 11.4 Å². The number of rotatable bonds is 2. The Bertz CT molecular complexity index is 661. The third-order valence-electron chi connectivity index (χ3n) is 4.64. The molecule has 0 radical (unpaired) electrons. The quantitative estimate of drug-likeness (QED) is 0.914. The van der Waals surface area contributed by atoms with Gasteiger partial charge >= 0.3 is 0 Å². The SMILES string of the molecule is Cc1ccc(-c2noc(C3CC34CCNC4)n2)cc1F. The van der Waals surface area contributed by atoms with Gasteiger partial charge in [0.25, 0.3) is 0 Å². The number of nitrogens with one attached hydrogen (secondary N) is 1. The second-order valence-electron chi connectivity index (χ2n) is 5.97. The minimum absolute atomic E-state index is 0.239. The zero-order valence-corrected chi connectivity index (χ0v) is 11.3. The summed E-state index contributed by atoms with van der Waals surface area (Å²) in [4.78, 5) is 4.46. The Kier molecular flexibility index (Phi) is 2.48. The lowest BCUT2D eigenvalue weighted by molar-refractivity contribution is 0.364. The molecule has 1 aromatic carbocycles. The number of aryl methyl sites for hydroxylation is 1. The van der Waals surface area contributed by atoms with Crippen molar-refractivity contribution in [2.75, 3.05) is 13.1 Å². The summed E-state index contributed by atoms with van der Waals surface area (Å²) >= 11 is 0. The smallest absolute Gasteiger partial charge is 0.230 e. The summed E-state index contributed by atoms with van der Waals surface area (Å²) in [5, 5.41) is 7.39. The summed E-state index contributed by atoms with van der Waals surface area (Å²) in [5.41, 5.74) is 1.63. The number of benzene rings is 1. The van der Waals surface area contributed by atoms with Crippen molar-refractivity contribution in [2.24, 2.45) is 5.41 Å². The molecule has 2 aliphatic rings. The molecule has 2 fully saturated rings. The first-order valence-corrected chi connectivity index (χ1v) is 6.99. The highest BCUT2D eigenvalue weighted by molar-refractivity contribution is 5.55. The lowest BCUT2D eigenvalue weighted by atomic mass is 10.0. The van der Waals surface area contributed by atoms with Crippen molar-refractivity contribution in [3.63, 3.8) is 0 Å². The van der Waals surface area contributed by atoms with Gasteiger partial charge in [0.1, 0.15) is 5.82 Å². The van der Waals surface area contributed by atoms with Crippen LogP contribution in [-0.2, 0) is 0 Å². The molecule has 4 rings (SSSR count). The molecule has 4 nitrogen and oxygen atoms in total. The first-order valence-electron chi connectivity index (χ1n) is 6.99. The van der Waals surface area contributed by atoms with E-state index >= 15 is 0 Å². The van der Waals surface area contributed by atoms with Crippen molar-refractivity contribution in [3.8, 4) is 11.4 Å². The average molecular weight is 273 g/mol. The molecule has 0 bridgehead atoms. The van der Waals surface area contributed by atoms with E-state index in [0.29, 0.717) is 34.2 Å². The fourth-order valence-corrected chi connectivity index (χ4v) is 3.16. The van der Waals surface area contributed by atoms with Gasteiger partial charge in [0.05, 0.1) is 0 Å². The highest BCUT2D eigenvalue weighted by atomic mass is 19.1. The number of halogens is 1. The fourth-order valence-electron chi connectivity index (χ4n) is 3.16. The van der Waals surface area contributed by atoms with Gasteiger partial charge in [0.2, 0.25) is 11.7 Å². The number of aromatic nitrogens is 2. The minimum atomic E-state index is -0.239. The zero-order chi connectivity index (χ0) is 13.7. The third-order valence-corrected chi connectivity index (χ3v) is 4.64. The van der Waals surface area contributed by atoms with Crippen LogP contribution in [0.3, 0.4) is 0 Å². The number of nitrogens with zero attached hydrogens (tertiary/aromatic N) is 2. The molecule has 104 valence electrons. The second-order valence-corrected chi connectivity index (χ2v) is 5.97. The van der Waals surface area contributed by atoms with Gasteiger partial charge in [0, 0.05) is 18.0 Å². The van der Waals surface area contributed by atoms with Crippen molar-refractivity contribution in [3.05, 3.63) is 35.5 Å². The molecule has 1 N–H and O–H groups in total. The van der Waals surface area contributed by atoms with Crippen LogP contribution in [0.4, 0.5) is 4.39 Å². The summed E-state index contributed by atoms with van der Waals surface area (Å²) < 4.78 is 19.0. The summed E-state index contributed by atoms with van der Waals surface area (Å²) in [6, 6.07) is 5.02. The second kappa shape index (κ2) is 4.12. The van der Waals surface area contributed by atoms with Gasteiger partial charge in [-0.05, 0) is 43.4 Å². The Hall–Kier alpha value is -1.75. The predicted molar refractivity (Wildman–Crippen MR) is 71.7 cm³/mol. The van der Waals surface area contributed by atoms with E-state index in [2.05, 4.69) is 15.5 Å². The van der Waals surface area contributed by atoms with Crippen molar-refractivity contribution >= 4 is 0 Å². The van der Waals surface area contributed by atoms with Crippen LogP contribution in [-0.4, -0.2) is 23.2 Å². The molecule has 2 unspecified atom stereocenters. The Labute approximate surface area is 116 Å². The van der Waals surface area contributed by atoms with Gasteiger partial charge in [-0.3, -0.25) is 0 Å². The van der Waals surface area contributed by atoms with Gasteiger partial charge in [-0.25, -0.2) is 4.39 Å². The van der Waals surface area contributed by atoms with E-state index in [1.54, 1.807) is 13.0 Å². The maximum absolute atomic E-state index is 13.6. The Morgan fingerprint density at radius 3 is 3.10 bits per heavy atom. The molecule has 20 heavy (non-hydrogen) atoms. The average Bonchev–Trinajstić information content (AvgIpc) is 2.83. The van der Waals surface area contributed by atoms with Crippen molar-refractivity contribution < 1.29 is 8.91 Å². The maximum Gasteiger partial charge on any atom is 0.230 e. The van der Waals surface area contributed by atoms with Crippen molar-refractivity contribution in [2.45, 2.75) is 25.7 Å². The fraction of sp³-hybridized carbons (Fsp3) is 0.467. The van der Waals surface area contributed by atoms with Crippen LogP contribution in [0.5, 0.6) is 0 Å². The molecule has 2 aromatic rings. The Morgan fingerprint density at radius 2 is 2.35 bits per heavy atom. The lowest BCUT2D eigenvalue weighted by Gasteiger charge is -2.02. The molecule has 1 saturated carbocycles. The van der Waals surface area contributed by atoms with E-state index in [1.165, 1.54) is 12.5 Å². The molecular weight excluding hydrogens is 257 g/mol. The summed E-state index contributed by atoms with van der Waals surface area (Å²) in [7, 11) is 0. The van der Waals surface area contributed by atoms with Crippen LogP contribution >= 0.6 is 0 Å². The van der Waals surface area contributed by atoms with E-state index in [1.807, 2.05) is 6.07 Å². The molecule has 1 aromatic heterocycles. The minimum Gasteiger partial charge on any atom is -0.339 e. The zero-order valence-electron chi connectivity index (χ0n) is 11.3. The molecule has 1 aliphatic heterocycles. The highest BCUT2D eigenvalue weighted by Crippen LogP contribution is 2.62. The predicted octanol–water partition coefficient (Wildman–Crippen LogP) is 2.65. The van der Waals surface area contributed by atoms with Crippen LogP contribution in [0.1, 0.15) is 30.2 Å². The van der Waals surface area contributed by atoms with Gasteiger partial charge < -0.3 is 9.84 Å². The first kappa shape index (κ1) is 12.0. The van der Waals surface area contributed by atoms with E-state index < -0.39 is 0 Å². The van der Waals surface area contributed by atoms with E-state index in [4.69, 9.17) is 4.52 Å². The molecule has 0 amide bonds. The molecular formula is C15H16FN3O. The van der Waals surface area contributed by atoms with Crippen LogP contribution < -0.4 is 5.32 Å². The van der Waals surface area contributed by atoms with Gasteiger partial charge in [-0.2, -0.15) is 4.98 Å². The van der Waals surface area contributed by atoms with Crippen LogP contribution in [0.15, 0.2) is 22.7 Å². The normalized spacial score (nSPS) is 28.2. The molecule has 2 atom stereocenters. The van der Waals surface area contributed by atoms with E-state index in [-0.39, 0.29) is 5.82 Å². The lowest BCUT2D eigenvalue weighted by Crippen LogP contribution is -2.10. The van der Waals surface area contributed by atoms with E-state index in [9.17, 15) is 4.39 Å². The molecule has 5 heteroatoms. The van der Waals surface area contributed by atoms with Gasteiger partial charge in [0.15, 0.2) is 0 Å². The van der Waals surface area contributed by atoms with Crippen LogP contribution in [0, 0.1) is 18.2 Å². The van der Waals surface area contributed by atoms with E-state index in [0.717, 1.165) is 19.5 Å². The summed E-state index contributed by atoms with van der Waals surface area (Å²) in [5.74, 6) is 1.31. The Balaban J connectivity index is 1.61. The van der Waals surface area contributed by atoms with Crippen molar-refractivity contribution in [1.29, 1.82) is 0 Å². The molecule has 2 heterocycles. The number of hydrogen-bond donors (Lipinski definition) is 1. The number of hydrogen-bond acceptors (Lipinski definition) is 4. The van der Waals surface area contributed by atoms with Gasteiger partial charge in [-0.15, -0.1) is 0 Å². The molecule has 1 spiro atoms. The van der Waals surface area contributed by atoms with Crippen LogP contribution in [0.2, 0.25) is 0 Å². The molecule has 1 aliphatic carbocycles. The Morgan fingerprint density at radius 1 is 1.45 bits per heavy atom. The molecule has 1 saturated heterocycles. The summed E-state index contributed by atoms with van der Waals surface area (Å²) in [6.07, 6.45) is 2.29. The highest BCUT2D eigenvalue weighted by Gasteiger charge is 2.58.